The predicted octanol–water partition coefficient (Wildman–Crippen LogP) is 3.99. The minimum atomic E-state index is -0.318. The van der Waals surface area contributed by atoms with Crippen LogP contribution in [0.4, 0.5) is 0 Å². The van der Waals surface area contributed by atoms with Crippen LogP contribution in [0, 0.1) is 6.92 Å². The van der Waals surface area contributed by atoms with E-state index in [0.717, 1.165) is 5.56 Å². The fourth-order valence-electron chi connectivity index (χ4n) is 3.19. The number of nitrogens with zero attached hydrogens (tertiary/aromatic N) is 1. The lowest BCUT2D eigenvalue weighted by Gasteiger charge is -2.12. The molecule has 0 aliphatic carbocycles. The van der Waals surface area contributed by atoms with Crippen LogP contribution >= 0.6 is 0 Å². The van der Waals surface area contributed by atoms with Gasteiger partial charge in [0, 0.05) is 25.0 Å². The normalized spacial score (nSPS) is 10.6. The average Bonchev–Trinajstić information content (AvgIpc) is 2.84. The van der Waals surface area contributed by atoms with E-state index >= 15 is 0 Å². The van der Waals surface area contributed by atoms with E-state index in [-0.39, 0.29) is 23.7 Å². The molecule has 8 nitrogen and oxygen atoms in total. The standard InChI is InChI=1S/C25H22N2O6/c1-16-25(33-21-6-4-3-5-20(21)30-2)24(29)19-8-7-18(13-22(19)32-16)31-15-23(28)27-14-17-9-11-26-12-10-17/h3-13H,14-15H2,1-2H3,(H,27,28). The SMILES string of the molecule is COc1ccccc1Oc1c(C)oc2cc(OCC(=O)NCc3ccncc3)ccc2c1=O. The van der Waals surface area contributed by atoms with Gasteiger partial charge in [-0.3, -0.25) is 14.6 Å². The zero-order chi connectivity index (χ0) is 23.2. The van der Waals surface area contributed by atoms with Crippen molar-refractivity contribution in [3.05, 3.63) is 88.5 Å². The minimum Gasteiger partial charge on any atom is -0.493 e. The molecule has 1 N–H and O–H groups in total. The van der Waals surface area contributed by atoms with Gasteiger partial charge in [-0.2, -0.15) is 0 Å². The Kier molecular flexibility index (Phi) is 6.54. The number of carbonyl (C=O) groups excluding carboxylic acids is 1. The Morgan fingerprint density at radius 1 is 1.06 bits per heavy atom. The Bertz CT molecular complexity index is 1330. The number of fused-ring (bicyclic) bond motifs is 1. The lowest BCUT2D eigenvalue weighted by molar-refractivity contribution is -0.123. The van der Waals surface area contributed by atoms with E-state index in [1.165, 1.54) is 7.11 Å². The first-order valence-corrected chi connectivity index (χ1v) is 10.2. The number of aryl methyl sites for hydroxylation is 1. The van der Waals surface area contributed by atoms with Crippen molar-refractivity contribution in [2.24, 2.45) is 0 Å². The number of benzene rings is 2. The van der Waals surface area contributed by atoms with Crippen molar-refractivity contribution in [2.75, 3.05) is 13.7 Å². The first-order valence-electron chi connectivity index (χ1n) is 10.2. The van der Waals surface area contributed by atoms with Crippen LogP contribution in [0.25, 0.3) is 11.0 Å². The van der Waals surface area contributed by atoms with Gasteiger partial charge in [-0.1, -0.05) is 12.1 Å². The lowest BCUT2D eigenvalue weighted by atomic mass is 10.2. The Labute approximate surface area is 189 Å². The molecule has 0 saturated heterocycles. The number of para-hydroxylation sites is 2. The molecule has 0 radical (unpaired) electrons. The van der Waals surface area contributed by atoms with Crippen molar-refractivity contribution in [3.8, 4) is 23.0 Å². The summed E-state index contributed by atoms with van der Waals surface area (Å²) in [7, 11) is 1.53. The fraction of sp³-hybridized carbons (Fsp3) is 0.160. The number of pyridine rings is 1. The van der Waals surface area contributed by atoms with Gasteiger partial charge in [-0.05, 0) is 48.9 Å². The van der Waals surface area contributed by atoms with E-state index in [1.807, 2.05) is 18.2 Å². The number of hydrogen-bond acceptors (Lipinski definition) is 7. The number of nitrogens with one attached hydrogen (secondary N) is 1. The summed E-state index contributed by atoms with van der Waals surface area (Å²) in [5, 5.41) is 3.11. The zero-order valence-electron chi connectivity index (χ0n) is 18.2. The number of rotatable bonds is 8. The number of carbonyl (C=O) groups is 1. The van der Waals surface area contributed by atoms with E-state index in [4.69, 9.17) is 18.6 Å². The zero-order valence-corrected chi connectivity index (χ0v) is 18.2. The van der Waals surface area contributed by atoms with Gasteiger partial charge >= 0.3 is 0 Å². The molecule has 0 bridgehead atoms. The molecule has 4 aromatic rings. The highest BCUT2D eigenvalue weighted by Crippen LogP contribution is 2.32. The molecule has 0 unspecified atom stereocenters. The maximum atomic E-state index is 13.0. The highest BCUT2D eigenvalue weighted by atomic mass is 16.5. The third-order valence-corrected chi connectivity index (χ3v) is 4.88. The maximum absolute atomic E-state index is 13.0. The van der Waals surface area contributed by atoms with Crippen molar-refractivity contribution >= 4 is 16.9 Å². The Morgan fingerprint density at radius 3 is 2.58 bits per heavy atom. The summed E-state index contributed by atoms with van der Waals surface area (Å²) < 4.78 is 22.5. The van der Waals surface area contributed by atoms with E-state index in [9.17, 15) is 9.59 Å². The van der Waals surface area contributed by atoms with Crippen LogP contribution in [-0.2, 0) is 11.3 Å². The van der Waals surface area contributed by atoms with Gasteiger partial charge in [-0.15, -0.1) is 0 Å². The first-order chi connectivity index (χ1) is 16.0. The van der Waals surface area contributed by atoms with Gasteiger partial charge in [0.2, 0.25) is 11.2 Å². The lowest BCUT2D eigenvalue weighted by Crippen LogP contribution is -2.28. The molecule has 0 fully saturated rings. The van der Waals surface area contributed by atoms with Gasteiger partial charge in [0.1, 0.15) is 17.1 Å². The third kappa shape index (κ3) is 5.12. The van der Waals surface area contributed by atoms with E-state index in [2.05, 4.69) is 10.3 Å². The van der Waals surface area contributed by atoms with Crippen LogP contribution in [0.5, 0.6) is 23.0 Å². The monoisotopic (exact) mass is 446 g/mol. The summed E-state index contributed by atoms with van der Waals surface area (Å²) in [5.74, 6) is 1.43. The topological polar surface area (TPSA) is 99.9 Å². The molecule has 2 aromatic carbocycles. The third-order valence-electron chi connectivity index (χ3n) is 4.88. The molecule has 8 heteroatoms. The molecular formula is C25H22N2O6. The molecule has 1 amide bonds. The summed E-state index contributed by atoms with van der Waals surface area (Å²) >= 11 is 0. The Morgan fingerprint density at radius 2 is 1.82 bits per heavy atom. The van der Waals surface area contributed by atoms with Crippen molar-refractivity contribution < 1.29 is 23.4 Å². The summed E-state index contributed by atoms with van der Waals surface area (Å²) in [6.45, 7) is 1.85. The molecule has 33 heavy (non-hydrogen) atoms. The quantitative estimate of drug-likeness (QED) is 0.437. The van der Waals surface area contributed by atoms with Crippen LogP contribution in [-0.4, -0.2) is 24.6 Å². The van der Waals surface area contributed by atoms with Crippen LogP contribution < -0.4 is 25.0 Å². The van der Waals surface area contributed by atoms with Gasteiger partial charge in [-0.25, -0.2) is 0 Å². The van der Waals surface area contributed by atoms with Crippen LogP contribution in [0.2, 0.25) is 0 Å². The minimum absolute atomic E-state index is 0.0798. The van der Waals surface area contributed by atoms with Gasteiger partial charge in [0.05, 0.1) is 12.5 Å². The molecular weight excluding hydrogens is 424 g/mol. The molecule has 0 saturated carbocycles. The second kappa shape index (κ2) is 9.86. The molecule has 0 aliphatic rings. The predicted molar refractivity (Wildman–Crippen MR) is 122 cm³/mol. The maximum Gasteiger partial charge on any atom is 0.258 e. The van der Waals surface area contributed by atoms with Crippen LogP contribution in [0.15, 0.2) is 76.2 Å². The number of amides is 1. The van der Waals surface area contributed by atoms with Crippen molar-refractivity contribution in [1.29, 1.82) is 0 Å². The van der Waals surface area contributed by atoms with E-state index in [0.29, 0.717) is 40.5 Å². The van der Waals surface area contributed by atoms with Gasteiger partial charge < -0.3 is 23.9 Å². The Hall–Kier alpha value is -4.33. The smallest absolute Gasteiger partial charge is 0.258 e. The molecule has 168 valence electrons. The average molecular weight is 446 g/mol. The molecule has 4 rings (SSSR count). The summed E-state index contributed by atoms with van der Waals surface area (Å²) in [6, 6.07) is 15.4. The van der Waals surface area contributed by atoms with Crippen molar-refractivity contribution in [1.82, 2.24) is 10.3 Å². The number of aromatic nitrogens is 1. The molecule has 2 aromatic heterocycles. The van der Waals surface area contributed by atoms with E-state index in [1.54, 1.807) is 55.7 Å². The van der Waals surface area contributed by atoms with E-state index < -0.39 is 0 Å². The second-order valence-corrected chi connectivity index (χ2v) is 7.15. The van der Waals surface area contributed by atoms with Crippen molar-refractivity contribution in [2.45, 2.75) is 13.5 Å². The highest BCUT2D eigenvalue weighted by molar-refractivity contribution is 5.80. The molecule has 0 spiro atoms. The number of ether oxygens (including phenoxy) is 3. The van der Waals surface area contributed by atoms with Gasteiger partial charge in [0.25, 0.3) is 5.91 Å². The Balaban J connectivity index is 1.47. The number of hydrogen-bond donors (Lipinski definition) is 1. The van der Waals surface area contributed by atoms with Crippen molar-refractivity contribution in [3.63, 3.8) is 0 Å². The van der Waals surface area contributed by atoms with Gasteiger partial charge in [0.15, 0.2) is 18.1 Å². The summed E-state index contributed by atoms with van der Waals surface area (Å²) in [6.07, 6.45) is 3.32. The fourth-order valence-corrected chi connectivity index (χ4v) is 3.19. The summed E-state index contributed by atoms with van der Waals surface area (Å²) in [5.41, 5.74) is 0.952. The molecule has 2 heterocycles. The highest BCUT2D eigenvalue weighted by Gasteiger charge is 2.16. The summed E-state index contributed by atoms with van der Waals surface area (Å²) in [4.78, 5) is 29.0. The second-order valence-electron chi connectivity index (χ2n) is 7.15. The van der Waals surface area contributed by atoms with Crippen LogP contribution in [0.1, 0.15) is 11.3 Å². The molecule has 0 atom stereocenters. The molecule has 0 aliphatic heterocycles. The largest absolute Gasteiger partial charge is 0.493 e. The first kappa shape index (κ1) is 21.9. The van der Waals surface area contributed by atoms with Crippen LogP contribution in [0.3, 0.4) is 0 Å². The number of methoxy groups -OCH3 is 1.